The van der Waals surface area contributed by atoms with Gasteiger partial charge in [0.2, 0.25) is 0 Å². The van der Waals surface area contributed by atoms with Gasteiger partial charge in [-0.2, -0.15) is 0 Å². The highest BCUT2D eigenvalue weighted by molar-refractivity contribution is 5.68. The molecule has 6 N–H and O–H groups in total. The summed E-state index contributed by atoms with van der Waals surface area (Å²) in [6, 6.07) is 15.8. The van der Waals surface area contributed by atoms with E-state index in [1.54, 1.807) is 20.8 Å². The van der Waals surface area contributed by atoms with Gasteiger partial charge in [0.1, 0.15) is 5.60 Å². The van der Waals surface area contributed by atoms with Gasteiger partial charge in [0.15, 0.2) is 0 Å². The minimum absolute atomic E-state index is 0.0412. The molecule has 2 amide bonds. The lowest BCUT2D eigenvalue weighted by Crippen LogP contribution is -2.52. The molecule has 0 heterocycles. The van der Waals surface area contributed by atoms with Crippen molar-refractivity contribution in [3.63, 3.8) is 0 Å². The normalized spacial score (nSPS) is 14.8. The summed E-state index contributed by atoms with van der Waals surface area (Å²) >= 11 is 0. The predicted octanol–water partition coefficient (Wildman–Crippen LogP) is 2.88. The zero-order chi connectivity index (χ0) is 27.4. The molecule has 204 valence electrons. The summed E-state index contributed by atoms with van der Waals surface area (Å²) in [5, 5.41) is 39.1. The predicted molar refractivity (Wildman–Crippen MR) is 143 cm³/mol. The second-order valence-corrected chi connectivity index (χ2v) is 10.1. The smallest absolute Gasteiger partial charge is 0.407 e. The molecule has 0 bridgehead atoms. The molecule has 9 nitrogen and oxygen atoms in total. The van der Waals surface area contributed by atoms with Crippen LogP contribution in [0.1, 0.15) is 44.4 Å². The number of carboxylic acid groups (broad SMARTS) is 1. The van der Waals surface area contributed by atoms with E-state index in [-0.39, 0.29) is 13.1 Å². The Labute approximate surface area is 219 Å². The van der Waals surface area contributed by atoms with Crippen molar-refractivity contribution in [3.05, 3.63) is 71.3 Å². The number of alkyl carbamates (subject to hydrolysis) is 1. The highest BCUT2D eigenvalue weighted by Gasteiger charge is 2.27. The van der Waals surface area contributed by atoms with Crippen molar-refractivity contribution in [2.75, 3.05) is 13.1 Å². The monoisotopic (exact) mass is 515 g/mol. The Morgan fingerprint density at radius 3 is 1.92 bits per heavy atom. The van der Waals surface area contributed by atoms with Crippen LogP contribution in [0.3, 0.4) is 0 Å². The Bertz CT molecular complexity index is 979. The SMILES string of the molecule is CCc1ccccc1C[C@H](NC(=O)OC(C)(C)C)C(O)CNC[C@@H](O)[C@H](Cc1ccccc1)NC(=O)O. The van der Waals surface area contributed by atoms with E-state index in [4.69, 9.17) is 4.74 Å². The minimum Gasteiger partial charge on any atom is -0.465 e. The molecule has 0 aliphatic rings. The van der Waals surface area contributed by atoms with Crippen molar-refractivity contribution in [1.29, 1.82) is 0 Å². The summed E-state index contributed by atoms with van der Waals surface area (Å²) in [4.78, 5) is 23.8. The Hall–Kier alpha value is -3.14. The van der Waals surface area contributed by atoms with Gasteiger partial charge in [0, 0.05) is 13.1 Å². The van der Waals surface area contributed by atoms with Crippen LogP contribution in [0.2, 0.25) is 0 Å². The van der Waals surface area contributed by atoms with Gasteiger partial charge in [0.25, 0.3) is 0 Å². The fourth-order valence-electron chi connectivity index (χ4n) is 4.05. The number of hydrogen-bond donors (Lipinski definition) is 6. The first-order chi connectivity index (χ1) is 17.5. The standard InChI is InChI=1S/C28H41N3O6/c1-5-20-13-9-10-14-21(20)16-23(31-27(36)37-28(2,3)4)25(33)18-29-17-24(32)22(30-26(34)35)15-19-11-7-6-8-12-19/h6-14,22-25,29-30,32-33H,5,15-18H2,1-4H3,(H,31,36)(H,34,35)/t22-,23-,24+,25?/m0/s1. The van der Waals surface area contributed by atoms with Crippen molar-refractivity contribution >= 4 is 12.2 Å². The van der Waals surface area contributed by atoms with Gasteiger partial charge in [0.05, 0.1) is 24.3 Å². The van der Waals surface area contributed by atoms with Crippen molar-refractivity contribution in [2.24, 2.45) is 0 Å². The lowest BCUT2D eigenvalue weighted by atomic mass is 9.96. The lowest BCUT2D eigenvalue weighted by molar-refractivity contribution is 0.0416. The number of carbonyl (C=O) groups excluding carboxylic acids is 1. The number of ether oxygens (including phenoxy) is 1. The Morgan fingerprint density at radius 1 is 0.838 bits per heavy atom. The fourth-order valence-corrected chi connectivity index (χ4v) is 4.05. The summed E-state index contributed by atoms with van der Waals surface area (Å²) in [7, 11) is 0. The van der Waals surface area contributed by atoms with Gasteiger partial charge in [-0.15, -0.1) is 0 Å². The van der Waals surface area contributed by atoms with Crippen LogP contribution in [0.25, 0.3) is 0 Å². The molecule has 0 saturated heterocycles. The molecule has 4 atom stereocenters. The van der Waals surface area contributed by atoms with E-state index >= 15 is 0 Å². The Kier molecular flexibility index (Phi) is 11.8. The van der Waals surface area contributed by atoms with Crippen molar-refractivity contribution < 1.29 is 29.6 Å². The van der Waals surface area contributed by atoms with Crippen LogP contribution < -0.4 is 16.0 Å². The van der Waals surface area contributed by atoms with Crippen LogP contribution >= 0.6 is 0 Å². The third-order valence-corrected chi connectivity index (χ3v) is 5.88. The maximum Gasteiger partial charge on any atom is 0.407 e. The lowest BCUT2D eigenvalue weighted by Gasteiger charge is -2.28. The molecule has 2 rings (SSSR count). The molecular formula is C28H41N3O6. The molecule has 0 fully saturated rings. The van der Waals surface area contributed by atoms with Crippen LogP contribution in [0, 0.1) is 0 Å². The van der Waals surface area contributed by atoms with Gasteiger partial charge in [-0.25, -0.2) is 9.59 Å². The molecule has 0 aliphatic carbocycles. The zero-order valence-electron chi connectivity index (χ0n) is 22.1. The summed E-state index contributed by atoms with van der Waals surface area (Å²) in [5.41, 5.74) is 2.33. The highest BCUT2D eigenvalue weighted by Crippen LogP contribution is 2.15. The van der Waals surface area contributed by atoms with Crippen LogP contribution in [-0.4, -0.2) is 70.5 Å². The third-order valence-electron chi connectivity index (χ3n) is 5.88. The maximum atomic E-state index is 12.5. The average molecular weight is 516 g/mol. The quantitative estimate of drug-likeness (QED) is 0.241. The molecule has 9 heteroatoms. The second kappa shape index (κ2) is 14.6. The van der Waals surface area contributed by atoms with Crippen LogP contribution in [0.5, 0.6) is 0 Å². The van der Waals surface area contributed by atoms with E-state index < -0.39 is 42.1 Å². The molecule has 0 spiro atoms. The van der Waals surface area contributed by atoms with Gasteiger partial charge >= 0.3 is 12.2 Å². The van der Waals surface area contributed by atoms with Gasteiger partial charge in [-0.1, -0.05) is 61.5 Å². The van der Waals surface area contributed by atoms with E-state index in [0.29, 0.717) is 12.8 Å². The van der Waals surface area contributed by atoms with E-state index in [1.807, 2.05) is 61.5 Å². The number of aliphatic hydroxyl groups is 2. The molecule has 0 aromatic heterocycles. The highest BCUT2D eigenvalue weighted by atomic mass is 16.6. The molecule has 37 heavy (non-hydrogen) atoms. The van der Waals surface area contributed by atoms with Crippen molar-refractivity contribution in [3.8, 4) is 0 Å². The number of aryl methyl sites for hydroxylation is 1. The molecule has 0 radical (unpaired) electrons. The van der Waals surface area contributed by atoms with Crippen molar-refractivity contribution in [2.45, 2.75) is 76.9 Å². The molecule has 1 unspecified atom stereocenters. The largest absolute Gasteiger partial charge is 0.465 e. The number of amides is 2. The number of carbonyl (C=O) groups is 2. The summed E-state index contributed by atoms with van der Waals surface area (Å²) < 4.78 is 5.39. The van der Waals surface area contributed by atoms with Crippen LogP contribution in [-0.2, 0) is 24.0 Å². The van der Waals surface area contributed by atoms with Crippen molar-refractivity contribution in [1.82, 2.24) is 16.0 Å². The van der Waals surface area contributed by atoms with Gasteiger partial charge in [-0.05, 0) is 56.7 Å². The number of rotatable bonds is 13. The number of nitrogens with one attached hydrogen (secondary N) is 3. The summed E-state index contributed by atoms with van der Waals surface area (Å²) in [5.74, 6) is 0. The topological polar surface area (TPSA) is 140 Å². The molecule has 2 aromatic carbocycles. The van der Waals surface area contributed by atoms with E-state index in [2.05, 4.69) is 16.0 Å². The van der Waals surface area contributed by atoms with E-state index in [9.17, 15) is 24.9 Å². The molecular weight excluding hydrogens is 474 g/mol. The minimum atomic E-state index is -1.23. The third kappa shape index (κ3) is 11.2. The first-order valence-electron chi connectivity index (χ1n) is 12.6. The Morgan fingerprint density at radius 2 is 1.38 bits per heavy atom. The molecule has 0 aliphatic heterocycles. The molecule has 0 saturated carbocycles. The average Bonchev–Trinajstić information content (AvgIpc) is 2.82. The fraction of sp³-hybridized carbons (Fsp3) is 0.500. The van der Waals surface area contributed by atoms with Crippen LogP contribution in [0.4, 0.5) is 9.59 Å². The maximum absolute atomic E-state index is 12.5. The summed E-state index contributed by atoms with van der Waals surface area (Å²) in [6.45, 7) is 7.46. The number of aliphatic hydroxyl groups excluding tert-OH is 2. The number of hydrogen-bond acceptors (Lipinski definition) is 6. The molecule has 2 aromatic rings. The Balaban J connectivity index is 2.04. The summed E-state index contributed by atoms with van der Waals surface area (Å²) in [6.07, 6.45) is -2.36. The first kappa shape index (κ1) is 30.1. The van der Waals surface area contributed by atoms with E-state index in [0.717, 1.165) is 23.1 Å². The zero-order valence-corrected chi connectivity index (χ0v) is 22.1. The van der Waals surface area contributed by atoms with Gasteiger partial charge in [-0.3, -0.25) is 0 Å². The van der Waals surface area contributed by atoms with Gasteiger partial charge < -0.3 is 36.0 Å². The first-order valence-corrected chi connectivity index (χ1v) is 12.6. The second-order valence-electron chi connectivity index (χ2n) is 10.1. The number of benzene rings is 2. The van der Waals surface area contributed by atoms with E-state index in [1.165, 1.54) is 0 Å². The van der Waals surface area contributed by atoms with Crippen LogP contribution in [0.15, 0.2) is 54.6 Å².